The lowest BCUT2D eigenvalue weighted by atomic mass is 10.0. The van der Waals surface area contributed by atoms with Crippen molar-refractivity contribution in [2.45, 2.75) is 33.8 Å². The summed E-state index contributed by atoms with van der Waals surface area (Å²) in [5.74, 6) is 0.0709. The van der Waals surface area contributed by atoms with Crippen molar-refractivity contribution in [3.63, 3.8) is 0 Å². The molecule has 0 aliphatic carbocycles. The quantitative estimate of drug-likeness (QED) is 0.559. The van der Waals surface area contributed by atoms with Crippen molar-refractivity contribution >= 4 is 22.5 Å². The van der Waals surface area contributed by atoms with Crippen LogP contribution in [0.2, 0.25) is 0 Å². The van der Waals surface area contributed by atoms with Gasteiger partial charge in [0.25, 0.3) is 0 Å². The monoisotopic (exact) mass is 353 g/mol. The second-order valence-electron chi connectivity index (χ2n) is 6.26. The van der Waals surface area contributed by atoms with E-state index in [1.165, 1.54) is 13.0 Å². The highest BCUT2D eigenvalue weighted by molar-refractivity contribution is 6.04. The molecule has 0 amide bonds. The molecular weight excluding hydrogens is 334 g/mol. The molecule has 3 rings (SSSR count). The molecule has 2 heterocycles. The number of nitrogens with one attached hydrogen (secondary N) is 1. The van der Waals surface area contributed by atoms with E-state index in [-0.39, 0.29) is 11.6 Å². The highest BCUT2D eigenvalue weighted by atomic mass is 16.5. The van der Waals surface area contributed by atoms with Crippen molar-refractivity contribution in [2.24, 2.45) is 0 Å². The first-order valence-electron chi connectivity index (χ1n) is 8.23. The number of rotatable bonds is 5. The fraction of sp³-hybridized carbons (Fsp3) is 0.250. The smallest absolute Gasteiger partial charge is 0.336 e. The lowest BCUT2D eigenvalue weighted by Crippen LogP contribution is -2.25. The van der Waals surface area contributed by atoms with E-state index in [2.05, 4.69) is 4.98 Å². The van der Waals surface area contributed by atoms with Gasteiger partial charge in [0.1, 0.15) is 11.3 Å². The molecule has 1 N–H and O–H groups in total. The van der Waals surface area contributed by atoms with Gasteiger partial charge in [-0.3, -0.25) is 9.59 Å². The van der Waals surface area contributed by atoms with E-state index in [1.54, 1.807) is 45.0 Å². The summed E-state index contributed by atoms with van der Waals surface area (Å²) in [6.07, 6.45) is -0.778. The van der Waals surface area contributed by atoms with Gasteiger partial charge >= 0.3 is 5.63 Å². The van der Waals surface area contributed by atoms with E-state index >= 15 is 0 Å². The van der Waals surface area contributed by atoms with Crippen LogP contribution in [0.5, 0.6) is 5.75 Å². The molecule has 2 aromatic heterocycles. The fourth-order valence-electron chi connectivity index (χ4n) is 3.10. The number of carbonyl (C=O) groups excluding carboxylic acids is 2. The van der Waals surface area contributed by atoms with E-state index in [1.807, 2.05) is 0 Å². The van der Waals surface area contributed by atoms with Gasteiger partial charge in [0.2, 0.25) is 5.78 Å². The Balaban J connectivity index is 1.87. The predicted molar refractivity (Wildman–Crippen MR) is 97.2 cm³/mol. The molecule has 0 spiro atoms. The largest absolute Gasteiger partial charge is 0.482 e. The van der Waals surface area contributed by atoms with Gasteiger partial charge in [-0.25, -0.2) is 4.79 Å². The minimum absolute atomic E-state index is 0.0894. The molecule has 0 unspecified atom stereocenters. The zero-order chi connectivity index (χ0) is 19.0. The van der Waals surface area contributed by atoms with Gasteiger partial charge < -0.3 is 14.1 Å². The highest BCUT2D eigenvalue weighted by Gasteiger charge is 2.24. The zero-order valence-electron chi connectivity index (χ0n) is 15.0. The Kier molecular flexibility index (Phi) is 4.50. The van der Waals surface area contributed by atoms with Crippen molar-refractivity contribution in [1.29, 1.82) is 0 Å². The molecule has 0 saturated heterocycles. The first kappa shape index (κ1) is 17.7. The van der Waals surface area contributed by atoms with E-state index in [0.717, 1.165) is 5.39 Å². The van der Waals surface area contributed by atoms with Gasteiger partial charge in [-0.2, -0.15) is 0 Å². The van der Waals surface area contributed by atoms with Crippen molar-refractivity contribution in [2.75, 3.05) is 0 Å². The van der Waals surface area contributed by atoms with Gasteiger partial charge in [-0.05, 0) is 51.5 Å². The van der Waals surface area contributed by atoms with E-state index in [9.17, 15) is 14.4 Å². The van der Waals surface area contributed by atoms with Crippen molar-refractivity contribution < 1.29 is 18.7 Å². The SMILES string of the molecule is CC(=O)c1c(C)[nH]c(C(=O)[C@H](C)Oc2ccc3ccc(=O)oc3c2)c1C. The Labute approximate surface area is 149 Å². The molecule has 0 bridgehead atoms. The number of hydrogen-bond acceptors (Lipinski definition) is 5. The number of hydrogen-bond donors (Lipinski definition) is 1. The number of fused-ring (bicyclic) bond motifs is 1. The van der Waals surface area contributed by atoms with Gasteiger partial charge in [0, 0.05) is 28.8 Å². The zero-order valence-corrected chi connectivity index (χ0v) is 15.0. The molecular formula is C20H19NO5. The Morgan fingerprint density at radius 2 is 1.85 bits per heavy atom. The van der Waals surface area contributed by atoms with E-state index < -0.39 is 11.7 Å². The Hall–Kier alpha value is -3.15. The molecule has 6 nitrogen and oxygen atoms in total. The third kappa shape index (κ3) is 3.18. The average Bonchev–Trinajstić information content (AvgIpc) is 2.88. The van der Waals surface area contributed by atoms with Crippen LogP contribution in [0.1, 0.15) is 46.0 Å². The normalized spacial score (nSPS) is 12.2. The molecule has 0 saturated carbocycles. The van der Waals surface area contributed by atoms with Gasteiger partial charge in [0.05, 0.1) is 5.69 Å². The molecule has 26 heavy (non-hydrogen) atoms. The highest BCUT2D eigenvalue weighted by Crippen LogP contribution is 2.23. The summed E-state index contributed by atoms with van der Waals surface area (Å²) in [5.41, 5.74) is 2.13. The standard InChI is InChI=1S/C20H19NO5/c1-10-18(12(3)22)11(2)21-19(10)20(24)13(4)25-15-7-5-14-6-8-17(23)26-16(14)9-15/h5-9,13,21H,1-4H3/t13-/m0/s1. The van der Waals surface area contributed by atoms with Gasteiger partial charge in [0.15, 0.2) is 11.9 Å². The average molecular weight is 353 g/mol. The lowest BCUT2D eigenvalue weighted by Gasteiger charge is -2.14. The molecule has 0 radical (unpaired) electrons. The summed E-state index contributed by atoms with van der Waals surface area (Å²) >= 11 is 0. The summed E-state index contributed by atoms with van der Waals surface area (Å²) in [7, 11) is 0. The molecule has 3 aromatic rings. The van der Waals surface area contributed by atoms with Crippen LogP contribution in [0.3, 0.4) is 0 Å². The van der Waals surface area contributed by atoms with Gasteiger partial charge in [-0.15, -0.1) is 0 Å². The van der Waals surface area contributed by atoms with Crippen LogP contribution in [0, 0.1) is 13.8 Å². The maximum Gasteiger partial charge on any atom is 0.336 e. The number of carbonyl (C=O) groups is 2. The topological polar surface area (TPSA) is 89.4 Å². The number of aromatic amines is 1. The molecule has 0 aliphatic heterocycles. The number of benzene rings is 1. The van der Waals surface area contributed by atoms with Crippen LogP contribution < -0.4 is 10.4 Å². The van der Waals surface area contributed by atoms with Crippen LogP contribution in [-0.4, -0.2) is 22.7 Å². The number of Topliss-reactive ketones (excluding diaryl/α,β-unsaturated/α-hetero) is 2. The molecule has 6 heteroatoms. The summed E-state index contributed by atoms with van der Waals surface area (Å²) in [6, 6.07) is 8.04. The van der Waals surface area contributed by atoms with Crippen LogP contribution >= 0.6 is 0 Å². The van der Waals surface area contributed by atoms with Crippen LogP contribution in [0.25, 0.3) is 11.0 Å². The summed E-state index contributed by atoms with van der Waals surface area (Å²) in [4.78, 5) is 38.8. The second kappa shape index (κ2) is 6.63. The summed E-state index contributed by atoms with van der Waals surface area (Å²) in [5, 5.41) is 0.762. The maximum atomic E-state index is 12.7. The van der Waals surface area contributed by atoms with E-state index in [4.69, 9.17) is 9.15 Å². The van der Waals surface area contributed by atoms with Crippen molar-refractivity contribution in [1.82, 2.24) is 4.98 Å². The maximum absolute atomic E-state index is 12.7. The minimum Gasteiger partial charge on any atom is -0.482 e. The molecule has 134 valence electrons. The third-order valence-electron chi connectivity index (χ3n) is 4.31. The van der Waals surface area contributed by atoms with E-state index in [0.29, 0.717) is 33.8 Å². The minimum atomic E-state index is -0.778. The molecule has 1 atom stereocenters. The van der Waals surface area contributed by atoms with Crippen LogP contribution in [0.4, 0.5) is 0 Å². The predicted octanol–water partition coefficient (Wildman–Crippen LogP) is 3.59. The van der Waals surface area contributed by atoms with Crippen LogP contribution in [0.15, 0.2) is 39.5 Å². The number of ketones is 2. The van der Waals surface area contributed by atoms with Gasteiger partial charge in [-0.1, -0.05) is 0 Å². The fourth-order valence-corrected chi connectivity index (χ4v) is 3.10. The lowest BCUT2D eigenvalue weighted by molar-refractivity contribution is 0.0812. The van der Waals surface area contributed by atoms with Crippen molar-refractivity contribution in [3.8, 4) is 5.75 Å². The molecule has 1 aromatic carbocycles. The number of aromatic nitrogens is 1. The van der Waals surface area contributed by atoms with Crippen LogP contribution in [-0.2, 0) is 0 Å². The Morgan fingerprint density at radius 3 is 2.50 bits per heavy atom. The third-order valence-corrected chi connectivity index (χ3v) is 4.31. The first-order valence-corrected chi connectivity index (χ1v) is 8.23. The summed E-state index contributed by atoms with van der Waals surface area (Å²) < 4.78 is 10.9. The number of aryl methyl sites for hydroxylation is 1. The second-order valence-corrected chi connectivity index (χ2v) is 6.26. The number of H-pyrrole nitrogens is 1. The molecule has 0 aliphatic rings. The first-order chi connectivity index (χ1) is 12.3. The van der Waals surface area contributed by atoms with Crippen molar-refractivity contribution in [3.05, 3.63) is 63.3 Å². The Morgan fingerprint density at radius 1 is 1.15 bits per heavy atom. The summed E-state index contributed by atoms with van der Waals surface area (Å²) in [6.45, 7) is 6.61. The molecule has 0 fully saturated rings. The Bertz CT molecular complexity index is 1070. The number of ether oxygens (including phenoxy) is 1.